The first-order chi connectivity index (χ1) is 5.82. The van der Waals surface area contributed by atoms with Gasteiger partial charge in [0.1, 0.15) is 10.7 Å². The van der Waals surface area contributed by atoms with E-state index >= 15 is 0 Å². The van der Waals surface area contributed by atoms with E-state index in [0.717, 1.165) is 12.1 Å². The molecule has 13 heavy (non-hydrogen) atoms. The fourth-order valence-electron chi connectivity index (χ4n) is 0.691. The maximum atomic E-state index is 12.9. The molecule has 1 rings (SSSR count). The normalized spacial score (nSPS) is 11.7. The number of hydrogen-bond donors (Lipinski definition) is 0. The number of halogens is 4. The smallest absolute Gasteiger partial charge is 0.205 e. The van der Waals surface area contributed by atoms with Crippen molar-refractivity contribution in [2.45, 2.75) is 4.90 Å². The van der Waals surface area contributed by atoms with Crippen LogP contribution >= 0.6 is 31.9 Å². The third-order valence-corrected chi connectivity index (χ3v) is 3.92. The molecular weight excluding hydrogens is 334 g/mol. The van der Waals surface area contributed by atoms with E-state index in [1.165, 1.54) is 0 Å². The average Bonchev–Trinajstić information content (AvgIpc) is 1.94. The van der Waals surface area contributed by atoms with Gasteiger partial charge in [0.2, 0.25) is 0 Å². The van der Waals surface area contributed by atoms with Gasteiger partial charge in [-0.3, -0.25) is 0 Å². The molecule has 0 heterocycles. The largest absolute Gasteiger partial charge is 0.335 e. The Morgan fingerprint density at radius 1 is 1.15 bits per heavy atom. The Morgan fingerprint density at radius 2 is 1.62 bits per heavy atom. The fraction of sp³-hybridized carbons (Fsp3) is 0. The maximum absolute atomic E-state index is 12.9. The second-order valence-electron chi connectivity index (χ2n) is 2.13. The topological polar surface area (TPSA) is 34.1 Å². The second-order valence-corrected chi connectivity index (χ2v) is 5.16. The molecule has 1 aromatic rings. The highest BCUT2D eigenvalue weighted by Gasteiger charge is 2.19. The van der Waals surface area contributed by atoms with E-state index in [9.17, 15) is 16.7 Å². The summed E-state index contributed by atoms with van der Waals surface area (Å²) in [4.78, 5) is -0.970. The van der Waals surface area contributed by atoms with Gasteiger partial charge in [-0.25, -0.2) is 4.39 Å². The zero-order valence-electron chi connectivity index (χ0n) is 5.89. The summed E-state index contributed by atoms with van der Waals surface area (Å²) in [6.45, 7) is 0. The van der Waals surface area contributed by atoms with E-state index < -0.39 is 20.9 Å². The molecule has 0 fully saturated rings. The number of benzene rings is 1. The van der Waals surface area contributed by atoms with Gasteiger partial charge in [-0.05, 0) is 44.0 Å². The van der Waals surface area contributed by atoms with Crippen LogP contribution in [-0.4, -0.2) is 8.42 Å². The lowest BCUT2D eigenvalue weighted by molar-refractivity contribution is 0.533. The first kappa shape index (κ1) is 11.1. The molecular formula is C6H2Br2F2O2S. The van der Waals surface area contributed by atoms with E-state index in [-0.39, 0.29) is 4.47 Å². The Balaban J connectivity index is 3.50. The van der Waals surface area contributed by atoms with Crippen molar-refractivity contribution in [3.05, 3.63) is 26.9 Å². The van der Waals surface area contributed by atoms with E-state index in [1.807, 2.05) is 0 Å². The summed E-state index contributed by atoms with van der Waals surface area (Å²) >= 11 is 5.87. The van der Waals surface area contributed by atoms with Gasteiger partial charge in [-0.15, -0.1) is 3.89 Å². The molecule has 0 atom stereocenters. The predicted octanol–water partition coefficient (Wildman–Crippen LogP) is 3.01. The van der Waals surface area contributed by atoms with Crippen molar-refractivity contribution >= 4 is 42.1 Å². The van der Waals surface area contributed by atoms with E-state index in [0.29, 0.717) is 4.47 Å². The molecule has 0 N–H and O–H groups in total. The monoisotopic (exact) mass is 334 g/mol. The summed E-state index contributed by atoms with van der Waals surface area (Å²) < 4.78 is 46.6. The minimum atomic E-state index is -5.00. The van der Waals surface area contributed by atoms with Crippen molar-refractivity contribution in [1.29, 1.82) is 0 Å². The Labute approximate surface area is 90.4 Å². The Bertz CT molecular complexity index is 444. The quantitative estimate of drug-likeness (QED) is 0.584. The highest BCUT2D eigenvalue weighted by atomic mass is 79.9. The Kier molecular flexibility index (Phi) is 3.09. The van der Waals surface area contributed by atoms with Crippen LogP contribution in [0.4, 0.5) is 8.28 Å². The van der Waals surface area contributed by atoms with Crippen LogP contribution < -0.4 is 0 Å². The van der Waals surface area contributed by atoms with Gasteiger partial charge in [-0.2, -0.15) is 8.42 Å². The van der Waals surface area contributed by atoms with Gasteiger partial charge in [-0.1, -0.05) is 0 Å². The van der Waals surface area contributed by atoms with Crippen LogP contribution in [0.5, 0.6) is 0 Å². The molecule has 0 aromatic heterocycles. The summed E-state index contributed by atoms with van der Waals surface area (Å²) in [5.74, 6) is -1.13. The van der Waals surface area contributed by atoms with Crippen LogP contribution in [0.15, 0.2) is 26.0 Å². The molecule has 0 amide bonds. The molecule has 72 valence electrons. The Morgan fingerprint density at radius 3 is 2.08 bits per heavy atom. The lowest BCUT2D eigenvalue weighted by Gasteiger charge is -2.00. The van der Waals surface area contributed by atoms with Gasteiger partial charge in [0.25, 0.3) is 0 Å². The zero-order valence-corrected chi connectivity index (χ0v) is 9.88. The molecule has 0 aliphatic rings. The highest BCUT2D eigenvalue weighted by Crippen LogP contribution is 2.29. The summed E-state index contributed by atoms with van der Waals surface area (Å²) in [5.41, 5.74) is 0. The lowest BCUT2D eigenvalue weighted by atomic mass is 10.3. The molecule has 0 radical (unpaired) electrons. The third-order valence-electron chi connectivity index (χ3n) is 1.24. The van der Waals surface area contributed by atoms with Crippen molar-refractivity contribution in [1.82, 2.24) is 0 Å². The average molecular weight is 336 g/mol. The first-order valence-electron chi connectivity index (χ1n) is 2.91. The molecule has 0 bridgehead atoms. The standard InChI is InChI=1S/C6H2Br2F2O2S/c7-3-1-5(9)6(2-4(3)8)13(10,11)12/h1-2H. The zero-order chi connectivity index (χ0) is 10.2. The predicted molar refractivity (Wildman–Crippen MR) is 50.1 cm³/mol. The lowest BCUT2D eigenvalue weighted by Crippen LogP contribution is -1.96. The van der Waals surface area contributed by atoms with Crippen LogP contribution in [-0.2, 0) is 10.2 Å². The molecule has 0 aliphatic carbocycles. The first-order valence-corrected chi connectivity index (χ1v) is 5.88. The maximum Gasteiger partial charge on any atom is 0.335 e. The molecule has 0 aliphatic heterocycles. The summed E-state index contributed by atoms with van der Waals surface area (Å²) in [6, 6.07) is 1.73. The van der Waals surface area contributed by atoms with Crippen molar-refractivity contribution < 1.29 is 16.7 Å². The molecule has 0 saturated heterocycles. The van der Waals surface area contributed by atoms with Gasteiger partial charge >= 0.3 is 10.2 Å². The molecule has 7 heteroatoms. The molecule has 0 spiro atoms. The molecule has 0 unspecified atom stereocenters. The molecule has 2 nitrogen and oxygen atoms in total. The second kappa shape index (κ2) is 3.62. The van der Waals surface area contributed by atoms with Crippen molar-refractivity contribution in [3.63, 3.8) is 0 Å². The minimum absolute atomic E-state index is 0.269. The van der Waals surface area contributed by atoms with Gasteiger partial charge in [0.15, 0.2) is 0 Å². The van der Waals surface area contributed by atoms with Crippen molar-refractivity contribution in [2.24, 2.45) is 0 Å². The third kappa shape index (κ3) is 2.47. The molecule has 1 aromatic carbocycles. The van der Waals surface area contributed by atoms with Crippen molar-refractivity contribution in [3.8, 4) is 0 Å². The summed E-state index contributed by atoms with van der Waals surface area (Å²) in [5, 5.41) is 0. The van der Waals surface area contributed by atoms with E-state index in [4.69, 9.17) is 0 Å². The van der Waals surface area contributed by atoms with Gasteiger partial charge in [0, 0.05) is 8.95 Å². The summed E-state index contributed by atoms with van der Waals surface area (Å²) in [7, 11) is -5.00. The van der Waals surface area contributed by atoms with Crippen LogP contribution in [0.2, 0.25) is 0 Å². The van der Waals surface area contributed by atoms with Gasteiger partial charge in [0.05, 0.1) is 0 Å². The van der Waals surface area contributed by atoms with Crippen molar-refractivity contribution in [2.75, 3.05) is 0 Å². The SMILES string of the molecule is O=S(=O)(F)c1cc(Br)c(Br)cc1F. The molecule has 0 saturated carbocycles. The number of rotatable bonds is 1. The van der Waals surface area contributed by atoms with E-state index in [2.05, 4.69) is 31.9 Å². The fourth-order valence-corrected chi connectivity index (χ4v) is 2.05. The highest BCUT2D eigenvalue weighted by molar-refractivity contribution is 9.13. The summed E-state index contributed by atoms with van der Waals surface area (Å²) in [6.07, 6.45) is 0. The number of hydrogen-bond acceptors (Lipinski definition) is 2. The van der Waals surface area contributed by atoms with Crippen LogP contribution in [0.1, 0.15) is 0 Å². The van der Waals surface area contributed by atoms with Crippen LogP contribution in [0.25, 0.3) is 0 Å². The Hall–Kier alpha value is -0.0100. The van der Waals surface area contributed by atoms with Gasteiger partial charge < -0.3 is 0 Å². The van der Waals surface area contributed by atoms with Crippen LogP contribution in [0, 0.1) is 5.82 Å². The van der Waals surface area contributed by atoms with E-state index in [1.54, 1.807) is 0 Å². The minimum Gasteiger partial charge on any atom is -0.205 e. The van der Waals surface area contributed by atoms with Crippen LogP contribution in [0.3, 0.4) is 0 Å².